The second kappa shape index (κ2) is 5.73. The van der Waals surface area contributed by atoms with E-state index in [1.165, 1.54) is 6.20 Å². The molecule has 1 aromatic heterocycles. The van der Waals surface area contributed by atoms with Gasteiger partial charge in [0.05, 0.1) is 10.7 Å². The number of H-pyrrole nitrogens is 1. The maximum atomic E-state index is 13.8. The molecule has 0 fully saturated rings. The Labute approximate surface area is 134 Å². The zero-order valence-electron chi connectivity index (χ0n) is 11.6. The molecule has 3 aromatic rings. The number of carbonyl (C=O) groups excluding carboxylic acids is 1. The molecule has 0 spiro atoms. The lowest BCUT2D eigenvalue weighted by atomic mass is 10.1. The Kier molecular flexibility index (Phi) is 3.75. The lowest BCUT2D eigenvalue weighted by Crippen LogP contribution is -2.22. The molecule has 7 heteroatoms. The number of halogens is 2. The normalized spacial score (nSPS) is 10.7. The van der Waals surface area contributed by atoms with E-state index in [0.717, 1.165) is 12.1 Å². The molecule has 3 N–H and O–H groups in total. The second-order valence-electron chi connectivity index (χ2n) is 4.81. The molecule has 0 saturated carbocycles. The van der Waals surface area contributed by atoms with Crippen LogP contribution in [0.3, 0.4) is 0 Å². The van der Waals surface area contributed by atoms with E-state index in [4.69, 9.17) is 11.6 Å². The molecule has 0 saturated heterocycles. The van der Waals surface area contributed by atoms with Crippen LogP contribution in [0.2, 0.25) is 5.02 Å². The second-order valence-corrected chi connectivity index (χ2v) is 5.22. The average Bonchev–Trinajstić information content (AvgIpc) is 2.53. The summed E-state index contributed by atoms with van der Waals surface area (Å²) in [6, 6.07) is 8.57. The summed E-state index contributed by atoms with van der Waals surface area (Å²) >= 11 is 5.57. The van der Waals surface area contributed by atoms with Gasteiger partial charge in [0.2, 0.25) is 5.43 Å². The van der Waals surface area contributed by atoms with Gasteiger partial charge in [0.15, 0.2) is 0 Å². The van der Waals surface area contributed by atoms with Crippen LogP contribution in [-0.4, -0.2) is 16.0 Å². The number of phenols is 1. The summed E-state index contributed by atoms with van der Waals surface area (Å²) in [5.41, 5.74) is -0.332. The van der Waals surface area contributed by atoms with Crippen LogP contribution in [0.4, 0.5) is 10.1 Å². The van der Waals surface area contributed by atoms with Gasteiger partial charge in [-0.15, -0.1) is 0 Å². The molecule has 116 valence electrons. The highest BCUT2D eigenvalue weighted by molar-refractivity contribution is 6.32. The van der Waals surface area contributed by atoms with Gasteiger partial charge in [0, 0.05) is 23.2 Å². The third kappa shape index (κ3) is 2.76. The van der Waals surface area contributed by atoms with Crippen LogP contribution >= 0.6 is 11.6 Å². The molecule has 1 heterocycles. The van der Waals surface area contributed by atoms with E-state index < -0.39 is 17.2 Å². The summed E-state index contributed by atoms with van der Waals surface area (Å²) in [4.78, 5) is 27.4. The fraction of sp³-hybridized carbons (Fsp3) is 0. The number of hydrogen-bond acceptors (Lipinski definition) is 3. The molecule has 0 aliphatic carbocycles. The van der Waals surface area contributed by atoms with Crippen LogP contribution in [0.5, 0.6) is 5.75 Å². The van der Waals surface area contributed by atoms with Gasteiger partial charge < -0.3 is 15.4 Å². The molecule has 3 rings (SSSR count). The number of carbonyl (C=O) groups is 1. The highest BCUT2D eigenvalue weighted by Gasteiger charge is 2.16. The van der Waals surface area contributed by atoms with E-state index in [-0.39, 0.29) is 22.0 Å². The maximum absolute atomic E-state index is 13.8. The first-order valence-electron chi connectivity index (χ1n) is 6.57. The molecule has 0 unspecified atom stereocenters. The van der Waals surface area contributed by atoms with Crippen LogP contribution in [0.25, 0.3) is 10.9 Å². The molecular weight excluding hydrogens is 323 g/mol. The number of pyridine rings is 1. The first kappa shape index (κ1) is 15.1. The van der Waals surface area contributed by atoms with Crippen molar-refractivity contribution in [1.29, 1.82) is 0 Å². The molecule has 0 aliphatic rings. The van der Waals surface area contributed by atoms with Crippen molar-refractivity contribution in [2.24, 2.45) is 0 Å². The fourth-order valence-corrected chi connectivity index (χ4v) is 2.31. The van der Waals surface area contributed by atoms with Crippen molar-refractivity contribution in [3.8, 4) is 5.75 Å². The summed E-state index contributed by atoms with van der Waals surface area (Å²) in [6.45, 7) is 0. The van der Waals surface area contributed by atoms with E-state index in [0.29, 0.717) is 10.9 Å². The number of aromatic amines is 1. The van der Waals surface area contributed by atoms with Crippen molar-refractivity contribution >= 4 is 34.1 Å². The molecule has 1 amide bonds. The third-order valence-electron chi connectivity index (χ3n) is 3.32. The Bertz CT molecular complexity index is 985. The number of hydrogen-bond donors (Lipinski definition) is 3. The third-order valence-corrected chi connectivity index (χ3v) is 3.62. The van der Waals surface area contributed by atoms with Crippen LogP contribution in [-0.2, 0) is 0 Å². The predicted octanol–water partition coefficient (Wildman–Crippen LogP) is 3.28. The van der Waals surface area contributed by atoms with Gasteiger partial charge in [-0.05, 0) is 18.2 Å². The molecule has 0 bridgehead atoms. The highest BCUT2D eigenvalue weighted by atomic mass is 35.5. The van der Waals surface area contributed by atoms with E-state index >= 15 is 0 Å². The Morgan fingerprint density at radius 1 is 1.26 bits per heavy atom. The molecule has 0 atom stereocenters. The van der Waals surface area contributed by atoms with E-state index in [2.05, 4.69) is 10.3 Å². The van der Waals surface area contributed by atoms with Gasteiger partial charge >= 0.3 is 0 Å². The van der Waals surface area contributed by atoms with Crippen LogP contribution < -0.4 is 10.7 Å². The zero-order valence-corrected chi connectivity index (χ0v) is 12.3. The summed E-state index contributed by atoms with van der Waals surface area (Å²) < 4.78 is 13.8. The maximum Gasteiger partial charge on any atom is 0.261 e. The molecule has 23 heavy (non-hydrogen) atoms. The van der Waals surface area contributed by atoms with Gasteiger partial charge in [-0.2, -0.15) is 0 Å². The van der Waals surface area contributed by atoms with Crippen molar-refractivity contribution in [2.45, 2.75) is 0 Å². The number of fused-ring (bicyclic) bond motifs is 1. The Hall–Kier alpha value is -2.86. The minimum Gasteiger partial charge on any atom is -0.506 e. The quantitative estimate of drug-likeness (QED) is 0.673. The number of phenolic OH excluding ortho intramolecular Hbond substituents is 1. The van der Waals surface area contributed by atoms with E-state index in [1.807, 2.05) is 0 Å². The summed E-state index contributed by atoms with van der Waals surface area (Å²) in [6.07, 6.45) is 1.26. The van der Waals surface area contributed by atoms with Crippen LogP contribution in [0.1, 0.15) is 10.4 Å². The molecular formula is C16H10ClFN2O3. The number of aromatic hydroxyl groups is 1. The van der Waals surface area contributed by atoms with Crippen LogP contribution in [0, 0.1) is 5.82 Å². The minimum absolute atomic E-state index is 0.169. The lowest BCUT2D eigenvalue weighted by Gasteiger charge is -2.08. The molecule has 2 aromatic carbocycles. The number of aromatic nitrogens is 1. The van der Waals surface area contributed by atoms with E-state index in [9.17, 15) is 19.1 Å². The lowest BCUT2D eigenvalue weighted by molar-refractivity contribution is 0.102. The van der Waals surface area contributed by atoms with Gasteiger partial charge in [-0.3, -0.25) is 9.59 Å². The van der Waals surface area contributed by atoms with Gasteiger partial charge in [0.1, 0.15) is 17.1 Å². The molecule has 0 aliphatic heterocycles. The Morgan fingerprint density at radius 2 is 2.00 bits per heavy atom. The summed E-state index contributed by atoms with van der Waals surface area (Å²) in [5.74, 6) is -1.99. The van der Waals surface area contributed by atoms with Crippen molar-refractivity contribution < 1.29 is 14.3 Å². The fourth-order valence-electron chi connectivity index (χ4n) is 2.16. The summed E-state index contributed by atoms with van der Waals surface area (Å²) in [7, 11) is 0. The zero-order chi connectivity index (χ0) is 16.6. The largest absolute Gasteiger partial charge is 0.506 e. The van der Waals surface area contributed by atoms with Gasteiger partial charge in [-0.1, -0.05) is 23.7 Å². The topological polar surface area (TPSA) is 82.2 Å². The van der Waals surface area contributed by atoms with Crippen molar-refractivity contribution in [3.05, 3.63) is 69.2 Å². The van der Waals surface area contributed by atoms with Gasteiger partial charge in [-0.25, -0.2) is 4.39 Å². The van der Waals surface area contributed by atoms with Crippen molar-refractivity contribution in [1.82, 2.24) is 4.98 Å². The number of anilines is 1. The summed E-state index contributed by atoms with van der Waals surface area (Å²) in [5, 5.41) is 11.9. The number of amides is 1. The number of nitrogens with one attached hydrogen (secondary N) is 2. The molecule has 0 radical (unpaired) electrons. The van der Waals surface area contributed by atoms with E-state index in [1.54, 1.807) is 24.3 Å². The van der Waals surface area contributed by atoms with Crippen LogP contribution in [0.15, 0.2) is 47.4 Å². The monoisotopic (exact) mass is 332 g/mol. The first-order chi connectivity index (χ1) is 11.0. The first-order valence-corrected chi connectivity index (χ1v) is 6.95. The number of para-hydroxylation sites is 1. The highest BCUT2D eigenvalue weighted by Crippen LogP contribution is 2.29. The van der Waals surface area contributed by atoms with Crippen molar-refractivity contribution in [2.75, 3.05) is 5.32 Å². The Balaban J connectivity index is 2.00. The Morgan fingerprint density at radius 3 is 2.78 bits per heavy atom. The molecule has 5 nitrogen and oxygen atoms in total. The SMILES string of the molecule is O=C(Nc1cc(O)c(Cl)cc1F)c1c[nH]c2ccccc2c1=O. The van der Waals surface area contributed by atoms with Gasteiger partial charge in [0.25, 0.3) is 5.91 Å². The standard InChI is InChI=1S/C16H10ClFN2O3/c17-10-5-11(18)13(6-14(10)21)20-16(23)9-7-19-12-4-2-1-3-8(12)15(9)22/h1-7,21H,(H,19,22)(H,20,23). The number of benzene rings is 2. The minimum atomic E-state index is -0.821. The number of rotatable bonds is 2. The average molecular weight is 333 g/mol. The predicted molar refractivity (Wildman–Crippen MR) is 85.6 cm³/mol. The van der Waals surface area contributed by atoms with Crippen molar-refractivity contribution in [3.63, 3.8) is 0 Å². The smallest absolute Gasteiger partial charge is 0.261 e.